The van der Waals surface area contributed by atoms with Gasteiger partial charge in [0.15, 0.2) is 0 Å². The minimum absolute atomic E-state index is 0.398. The standard InChI is InChI=1S/C36H59NO6/c1-7-9-10-11-12-13-14-15-16-17-18-19-20-22-28-23-21-24-30(43-8-2)31(28)32-29(25-26-42-6)27(3)37-36(5,34(40)41)35(32,4)33(38)39/h21,23-24,32,37H,7-20,22,25-26H2,1-6H3,(H,38,39)(H,40,41). The molecule has 0 fully saturated rings. The Morgan fingerprint density at radius 3 is 1.88 bits per heavy atom. The molecule has 0 saturated heterocycles. The fourth-order valence-corrected chi connectivity index (χ4v) is 6.81. The Balaban J connectivity index is 2.25. The Bertz CT molecular complexity index is 1050. The number of allylic oxidation sites excluding steroid dienone is 1. The van der Waals surface area contributed by atoms with Crippen molar-refractivity contribution in [3.05, 3.63) is 40.6 Å². The van der Waals surface area contributed by atoms with Crippen LogP contribution in [0.5, 0.6) is 5.75 Å². The van der Waals surface area contributed by atoms with Crippen molar-refractivity contribution < 1.29 is 29.3 Å². The van der Waals surface area contributed by atoms with Gasteiger partial charge in [0.2, 0.25) is 0 Å². The normalized spacial score (nSPS) is 22.0. The SMILES string of the molecule is CCCCCCCCCCCCCCCc1cccc(OCC)c1C1C(CCOC)=C(C)NC(C)(C(=O)O)C1(C)C(=O)O. The number of unbranched alkanes of at least 4 members (excludes halogenated alkanes) is 12. The van der Waals surface area contributed by atoms with E-state index in [2.05, 4.69) is 18.3 Å². The lowest BCUT2D eigenvalue weighted by Crippen LogP contribution is -2.67. The van der Waals surface area contributed by atoms with Crippen LogP contribution >= 0.6 is 0 Å². The van der Waals surface area contributed by atoms with Crippen LogP contribution in [0.15, 0.2) is 29.5 Å². The van der Waals surface area contributed by atoms with E-state index in [1.54, 1.807) is 14.0 Å². The summed E-state index contributed by atoms with van der Waals surface area (Å²) in [6.07, 6.45) is 17.9. The van der Waals surface area contributed by atoms with Crippen molar-refractivity contribution >= 4 is 11.9 Å². The number of rotatable bonds is 22. The van der Waals surface area contributed by atoms with Crippen LogP contribution in [0.25, 0.3) is 0 Å². The zero-order valence-electron chi connectivity index (χ0n) is 27.9. The summed E-state index contributed by atoms with van der Waals surface area (Å²) in [5.74, 6) is -2.43. The number of carboxylic acids is 2. The molecule has 0 saturated carbocycles. The first kappa shape index (κ1) is 36.7. The quantitative estimate of drug-likeness (QED) is 0.114. The minimum Gasteiger partial charge on any atom is -0.494 e. The van der Waals surface area contributed by atoms with Crippen molar-refractivity contribution in [2.45, 2.75) is 142 Å². The van der Waals surface area contributed by atoms with Gasteiger partial charge in [0, 0.05) is 30.9 Å². The van der Waals surface area contributed by atoms with Gasteiger partial charge in [-0.2, -0.15) is 0 Å². The molecule has 0 aliphatic carbocycles. The molecule has 3 N–H and O–H groups in total. The Labute approximate surface area is 260 Å². The van der Waals surface area contributed by atoms with Gasteiger partial charge < -0.3 is 25.0 Å². The maximum absolute atomic E-state index is 13.2. The van der Waals surface area contributed by atoms with E-state index in [-0.39, 0.29) is 0 Å². The topological polar surface area (TPSA) is 105 Å². The molecule has 1 aromatic carbocycles. The first-order chi connectivity index (χ1) is 20.6. The average Bonchev–Trinajstić information content (AvgIpc) is 2.97. The van der Waals surface area contributed by atoms with Gasteiger partial charge in [-0.1, -0.05) is 96.1 Å². The lowest BCUT2D eigenvalue weighted by atomic mass is 9.56. The number of methoxy groups -OCH3 is 1. The number of hydrogen-bond donors (Lipinski definition) is 3. The molecule has 2 rings (SSSR count). The first-order valence-electron chi connectivity index (χ1n) is 16.8. The molecule has 1 aliphatic heterocycles. The molecular weight excluding hydrogens is 542 g/mol. The Kier molecular flexibility index (Phi) is 15.6. The summed E-state index contributed by atoms with van der Waals surface area (Å²) in [6.45, 7) is 9.90. The molecular formula is C36H59NO6. The molecule has 0 aromatic heterocycles. The third-order valence-corrected chi connectivity index (χ3v) is 9.63. The Hall–Kier alpha value is -2.54. The lowest BCUT2D eigenvalue weighted by molar-refractivity contribution is -0.167. The van der Waals surface area contributed by atoms with Crippen molar-refractivity contribution in [2.75, 3.05) is 20.3 Å². The van der Waals surface area contributed by atoms with E-state index in [1.165, 1.54) is 77.6 Å². The van der Waals surface area contributed by atoms with E-state index >= 15 is 0 Å². The predicted octanol–water partition coefficient (Wildman–Crippen LogP) is 8.65. The van der Waals surface area contributed by atoms with E-state index in [9.17, 15) is 19.8 Å². The molecule has 0 spiro atoms. The van der Waals surface area contributed by atoms with E-state index in [4.69, 9.17) is 9.47 Å². The molecule has 1 aliphatic rings. The summed E-state index contributed by atoms with van der Waals surface area (Å²) < 4.78 is 11.5. The number of benzene rings is 1. The second-order valence-corrected chi connectivity index (χ2v) is 12.6. The molecule has 3 atom stereocenters. The molecule has 3 unspecified atom stereocenters. The van der Waals surface area contributed by atoms with Crippen LogP contribution in [-0.2, 0) is 20.7 Å². The van der Waals surface area contributed by atoms with E-state index in [0.29, 0.717) is 31.1 Å². The maximum atomic E-state index is 13.2. The van der Waals surface area contributed by atoms with Crippen LogP contribution in [0.2, 0.25) is 0 Å². The highest BCUT2D eigenvalue weighted by molar-refractivity contribution is 5.92. The predicted molar refractivity (Wildman–Crippen MR) is 174 cm³/mol. The van der Waals surface area contributed by atoms with Crippen LogP contribution in [0.3, 0.4) is 0 Å². The van der Waals surface area contributed by atoms with Gasteiger partial charge in [0.1, 0.15) is 16.7 Å². The van der Waals surface area contributed by atoms with Gasteiger partial charge in [0.05, 0.1) is 6.61 Å². The number of carbonyl (C=O) groups is 2. The molecule has 1 aromatic rings. The molecule has 244 valence electrons. The summed E-state index contributed by atoms with van der Waals surface area (Å²) in [7, 11) is 1.62. The van der Waals surface area contributed by atoms with Gasteiger partial charge in [-0.25, -0.2) is 4.79 Å². The average molecular weight is 602 g/mol. The zero-order valence-corrected chi connectivity index (χ0v) is 27.9. The van der Waals surface area contributed by atoms with Crippen molar-refractivity contribution in [2.24, 2.45) is 5.41 Å². The third kappa shape index (κ3) is 9.23. The molecule has 1 heterocycles. The number of hydrogen-bond acceptors (Lipinski definition) is 5. The summed E-state index contributed by atoms with van der Waals surface area (Å²) in [5, 5.41) is 24.2. The molecule has 0 radical (unpaired) electrons. The van der Waals surface area contributed by atoms with Crippen molar-refractivity contribution in [3.63, 3.8) is 0 Å². The van der Waals surface area contributed by atoms with Crippen LogP contribution in [0.4, 0.5) is 0 Å². The summed E-state index contributed by atoms with van der Waals surface area (Å²) >= 11 is 0. The molecule has 43 heavy (non-hydrogen) atoms. The van der Waals surface area contributed by atoms with E-state index < -0.39 is 28.8 Å². The number of nitrogens with one attached hydrogen (secondary N) is 1. The van der Waals surface area contributed by atoms with Crippen LogP contribution in [0, 0.1) is 5.41 Å². The van der Waals surface area contributed by atoms with Crippen LogP contribution in [0.1, 0.15) is 142 Å². The summed E-state index contributed by atoms with van der Waals surface area (Å²) in [4.78, 5) is 25.9. The van der Waals surface area contributed by atoms with Crippen molar-refractivity contribution in [1.29, 1.82) is 0 Å². The second kappa shape index (κ2) is 18.3. The first-order valence-corrected chi connectivity index (χ1v) is 16.8. The van der Waals surface area contributed by atoms with Crippen LogP contribution in [-0.4, -0.2) is 48.0 Å². The number of aryl methyl sites for hydroxylation is 1. The summed E-state index contributed by atoms with van der Waals surface area (Å²) in [6, 6.07) is 5.91. The fourth-order valence-electron chi connectivity index (χ4n) is 6.81. The van der Waals surface area contributed by atoms with Gasteiger partial charge in [-0.05, 0) is 64.2 Å². The van der Waals surface area contributed by atoms with Crippen molar-refractivity contribution in [3.8, 4) is 5.75 Å². The summed E-state index contributed by atoms with van der Waals surface area (Å²) in [5.41, 5.74) is -0.0695. The number of aliphatic carboxylic acids is 2. The molecule has 7 nitrogen and oxygen atoms in total. The Morgan fingerprint density at radius 1 is 0.837 bits per heavy atom. The zero-order chi connectivity index (χ0) is 31.9. The number of ether oxygens (including phenoxy) is 2. The molecule has 0 amide bonds. The Morgan fingerprint density at radius 2 is 1.40 bits per heavy atom. The van der Waals surface area contributed by atoms with Crippen molar-refractivity contribution in [1.82, 2.24) is 5.32 Å². The smallest absolute Gasteiger partial charge is 0.330 e. The lowest BCUT2D eigenvalue weighted by Gasteiger charge is -2.51. The van der Waals surface area contributed by atoms with E-state index in [0.717, 1.165) is 36.0 Å². The maximum Gasteiger partial charge on any atom is 0.330 e. The highest BCUT2D eigenvalue weighted by atomic mass is 16.5. The van der Waals surface area contributed by atoms with Gasteiger partial charge in [-0.15, -0.1) is 0 Å². The fraction of sp³-hybridized carbons (Fsp3) is 0.722. The molecule has 7 heteroatoms. The monoisotopic (exact) mass is 601 g/mol. The third-order valence-electron chi connectivity index (χ3n) is 9.63. The van der Waals surface area contributed by atoms with Crippen LogP contribution < -0.4 is 10.1 Å². The van der Waals surface area contributed by atoms with Gasteiger partial charge in [-0.3, -0.25) is 4.79 Å². The highest BCUT2D eigenvalue weighted by Crippen LogP contribution is 2.56. The largest absolute Gasteiger partial charge is 0.494 e. The van der Waals surface area contributed by atoms with E-state index in [1.807, 2.05) is 26.0 Å². The number of carboxylic acid groups (broad SMARTS) is 2. The van der Waals surface area contributed by atoms with Gasteiger partial charge in [0.25, 0.3) is 0 Å². The molecule has 0 bridgehead atoms. The highest BCUT2D eigenvalue weighted by Gasteiger charge is 2.64. The second-order valence-electron chi connectivity index (χ2n) is 12.6. The minimum atomic E-state index is -1.74. The van der Waals surface area contributed by atoms with Gasteiger partial charge >= 0.3 is 11.9 Å².